The quantitative estimate of drug-likeness (QED) is 0.745. The van der Waals surface area contributed by atoms with E-state index in [2.05, 4.69) is 29.7 Å². The predicted octanol–water partition coefficient (Wildman–Crippen LogP) is 2.51. The third kappa shape index (κ3) is 1.82. The molecule has 1 N–H and O–H groups in total. The second-order valence-electron chi connectivity index (χ2n) is 4.59. The van der Waals surface area contributed by atoms with Gasteiger partial charge in [-0.25, -0.2) is 0 Å². The molecule has 1 unspecified atom stereocenters. The number of anilines is 1. The zero-order chi connectivity index (χ0) is 12.0. The fraction of sp³-hybridized carbons (Fsp3) is 0.308. The first-order chi connectivity index (χ1) is 8.13. The summed E-state index contributed by atoms with van der Waals surface area (Å²) < 4.78 is 0. The first-order valence-electron chi connectivity index (χ1n) is 5.71. The van der Waals surface area contributed by atoms with Crippen LogP contribution < -0.4 is 4.90 Å². The van der Waals surface area contributed by atoms with Crippen LogP contribution >= 0.6 is 12.6 Å². The van der Waals surface area contributed by atoms with Gasteiger partial charge in [0.15, 0.2) is 0 Å². The topological polar surface area (TPSA) is 36.1 Å². The van der Waals surface area contributed by atoms with Crippen LogP contribution in [0.3, 0.4) is 0 Å². The minimum absolute atomic E-state index is 0.158. The van der Waals surface area contributed by atoms with Gasteiger partial charge in [-0.05, 0) is 31.2 Å². The summed E-state index contributed by atoms with van der Waals surface area (Å²) in [4.78, 5) is 16.9. The highest BCUT2D eigenvalue weighted by Gasteiger charge is 2.28. The largest absolute Gasteiger partial charge is 0.359 e. The van der Waals surface area contributed by atoms with Crippen molar-refractivity contribution in [1.29, 1.82) is 0 Å². The molecule has 0 spiro atoms. The number of benzene rings is 1. The molecule has 1 atom stereocenters. The van der Waals surface area contributed by atoms with Crippen LogP contribution in [0.2, 0.25) is 0 Å². The Morgan fingerprint density at radius 1 is 1.41 bits per heavy atom. The molecule has 1 aromatic carbocycles. The van der Waals surface area contributed by atoms with Crippen molar-refractivity contribution in [3.05, 3.63) is 30.0 Å². The maximum atomic E-state index is 11.8. The van der Waals surface area contributed by atoms with Crippen molar-refractivity contribution in [3.8, 4) is 0 Å². The zero-order valence-electron chi connectivity index (χ0n) is 9.60. The Morgan fingerprint density at radius 3 is 2.94 bits per heavy atom. The van der Waals surface area contributed by atoms with Gasteiger partial charge in [-0.15, -0.1) is 0 Å². The summed E-state index contributed by atoms with van der Waals surface area (Å²) in [5, 5.41) is 1.31. The molecule has 2 heterocycles. The van der Waals surface area contributed by atoms with Crippen LogP contribution in [0, 0.1) is 6.92 Å². The van der Waals surface area contributed by atoms with Crippen LogP contribution in [0.5, 0.6) is 0 Å². The fourth-order valence-electron chi connectivity index (χ4n) is 2.37. The monoisotopic (exact) mass is 246 g/mol. The predicted molar refractivity (Wildman–Crippen MR) is 72.8 cm³/mol. The van der Waals surface area contributed by atoms with Crippen LogP contribution in [0.25, 0.3) is 10.9 Å². The summed E-state index contributed by atoms with van der Waals surface area (Å²) in [5.74, 6) is 0.164. The van der Waals surface area contributed by atoms with E-state index >= 15 is 0 Å². The molecule has 0 saturated carbocycles. The first kappa shape index (κ1) is 10.7. The SMILES string of the molecule is Cc1cc2cc(N3CC(S)CC3=O)ccc2[nH]1. The van der Waals surface area contributed by atoms with Gasteiger partial charge in [-0.2, -0.15) is 12.6 Å². The first-order valence-corrected chi connectivity index (χ1v) is 6.23. The van der Waals surface area contributed by atoms with Crippen LogP contribution in [-0.2, 0) is 4.79 Å². The molecular weight excluding hydrogens is 232 g/mol. The van der Waals surface area contributed by atoms with Gasteiger partial charge in [-0.3, -0.25) is 4.79 Å². The number of aryl methyl sites for hydroxylation is 1. The van der Waals surface area contributed by atoms with E-state index < -0.39 is 0 Å². The summed E-state index contributed by atoms with van der Waals surface area (Å²) in [5.41, 5.74) is 3.22. The van der Waals surface area contributed by atoms with Crippen molar-refractivity contribution >= 4 is 35.1 Å². The van der Waals surface area contributed by atoms with E-state index in [4.69, 9.17) is 0 Å². The lowest BCUT2D eigenvalue weighted by atomic mass is 10.2. The highest BCUT2D eigenvalue weighted by Crippen LogP contribution is 2.27. The third-order valence-corrected chi connectivity index (χ3v) is 3.50. The Bertz CT molecular complexity index is 590. The Kier molecular flexibility index (Phi) is 2.40. The number of carbonyl (C=O) groups is 1. The molecule has 1 fully saturated rings. The molecule has 1 aliphatic rings. The van der Waals surface area contributed by atoms with Gasteiger partial charge in [0.05, 0.1) is 0 Å². The smallest absolute Gasteiger partial charge is 0.228 e. The molecule has 0 bridgehead atoms. The minimum Gasteiger partial charge on any atom is -0.359 e. The molecule has 3 rings (SSSR count). The molecule has 0 aliphatic carbocycles. The van der Waals surface area contributed by atoms with E-state index in [1.165, 1.54) is 0 Å². The van der Waals surface area contributed by atoms with Crippen molar-refractivity contribution in [2.75, 3.05) is 11.4 Å². The zero-order valence-corrected chi connectivity index (χ0v) is 10.5. The number of hydrogen-bond acceptors (Lipinski definition) is 2. The standard InChI is InChI=1S/C13H14N2OS/c1-8-4-9-5-10(2-3-12(9)14-8)15-7-11(17)6-13(15)16/h2-5,11,14,17H,6-7H2,1H3. The third-order valence-electron chi connectivity index (χ3n) is 3.16. The molecule has 3 nitrogen and oxygen atoms in total. The summed E-state index contributed by atoms with van der Waals surface area (Å²) in [6.07, 6.45) is 0.535. The average Bonchev–Trinajstić information content (AvgIpc) is 2.78. The van der Waals surface area contributed by atoms with Crippen molar-refractivity contribution in [3.63, 3.8) is 0 Å². The number of amides is 1. The van der Waals surface area contributed by atoms with Gasteiger partial charge in [0, 0.05) is 40.5 Å². The van der Waals surface area contributed by atoms with E-state index in [-0.39, 0.29) is 11.2 Å². The molecule has 0 radical (unpaired) electrons. The Balaban J connectivity index is 2.03. The van der Waals surface area contributed by atoms with Gasteiger partial charge >= 0.3 is 0 Å². The fourth-order valence-corrected chi connectivity index (χ4v) is 2.69. The second kappa shape index (κ2) is 3.81. The molecule has 88 valence electrons. The molecule has 2 aromatic rings. The maximum absolute atomic E-state index is 11.8. The number of aromatic amines is 1. The number of rotatable bonds is 1. The Morgan fingerprint density at radius 2 is 2.24 bits per heavy atom. The lowest BCUT2D eigenvalue weighted by Gasteiger charge is -2.15. The number of aromatic nitrogens is 1. The van der Waals surface area contributed by atoms with Crippen LogP contribution in [0.15, 0.2) is 24.3 Å². The number of hydrogen-bond donors (Lipinski definition) is 2. The normalized spacial score (nSPS) is 20.5. The lowest BCUT2D eigenvalue weighted by Crippen LogP contribution is -2.24. The number of H-pyrrole nitrogens is 1. The average molecular weight is 246 g/mol. The summed E-state index contributed by atoms with van der Waals surface area (Å²) in [6.45, 7) is 2.74. The number of thiol groups is 1. The molecule has 1 aliphatic heterocycles. The van der Waals surface area contributed by atoms with Gasteiger partial charge in [-0.1, -0.05) is 0 Å². The van der Waals surface area contributed by atoms with E-state index in [0.717, 1.165) is 22.3 Å². The van der Waals surface area contributed by atoms with Gasteiger partial charge < -0.3 is 9.88 Å². The van der Waals surface area contributed by atoms with E-state index in [0.29, 0.717) is 13.0 Å². The van der Waals surface area contributed by atoms with Gasteiger partial charge in [0.25, 0.3) is 0 Å². The highest BCUT2D eigenvalue weighted by atomic mass is 32.1. The van der Waals surface area contributed by atoms with Crippen molar-refractivity contribution in [1.82, 2.24) is 4.98 Å². The molecular formula is C13H14N2OS. The van der Waals surface area contributed by atoms with Crippen molar-refractivity contribution in [2.45, 2.75) is 18.6 Å². The van der Waals surface area contributed by atoms with Crippen LogP contribution in [0.4, 0.5) is 5.69 Å². The molecule has 4 heteroatoms. The maximum Gasteiger partial charge on any atom is 0.228 e. The molecule has 1 saturated heterocycles. The molecule has 1 amide bonds. The van der Waals surface area contributed by atoms with Crippen LogP contribution in [-0.4, -0.2) is 22.7 Å². The van der Waals surface area contributed by atoms with Crippen molar-refractivity contribution < 1.29 is 4.79 Å². The van der Waals surface area contributed by atoms with E-state index in [1.54, 1.807) is 0 Å². The molecule has 17 heavy (non-hydrogen) atoms. The Hall–Kier alpha value is -1.42. The van der Waals surface area contributed by atoms with E-state index in [9.17, 15) is 4.79 Å². The number of nitrogens with one attached hydrogen (secondary N) is 1. The molecule has 1 aromatic heterocycles. The van der Waals surface area contributed by atoms with E-state index in [1.807, 2.05) is 24.0 Å². The number of carbonyl (C=O) groups excluding carboxylic acids is 1. The summed E-state index contributed by atoms with van der Waals surface area (Å²) in [7, 11) is 0. The van der Waals surface area contributed by atoms with Gasteiger partial charge in [0.2, 0.25) is 5.91 Å². The Labute approximate surface area is 105 Å². The second-order valence-corrected chi connectivity index (χ2v) is 5.32. The number of nitrogens with zero attached hydrogens (tertiary/aromatic N) is 1. The summed E-state index contributed by atoms with van der Waals surface area (Å²) >= 11 is 4.37. The van der Waals surface area contributed by atoms with Gasteiger partial charge in [0.1, 0.15) is 0 Å². The van der Waals surface area contributed by atoms with Crippen molar-refractivity contribution in [2.24, 2.45) is 0 Å². The highest BCUT2D eigenvalue weighted by molar-refractivity contribution is 7.81. The number of fused-ring (bicyclic) bond motifs is 1. The summed E-state index contributed by atoms with van der Waals surface area (Å²) in [6, 6.07) is 8.17. The minimum atomic E-state index is 0.158. The lowest BCUT2D eigenvalue weighted by molar-refractivity contribution is -0.117. The van der Waals surface area contributed by atoms with Crippen LogP contribution in [0.1, 0.15) is 12.1 Å².